The lowest BCUT2D eigenvalue weighted by atomic mass is 10.3. The van der Waals surface area contributed by atoms with E-state index in [0.29, 0.717) is 5.94 Å². The van der Waals surface area contributed by atoms with E-state index >= 15 is 0 Å². The molecule has 16 heavy (non-hydrogen) atoms. The van der Waals surface area contributed by atoms with Gasteiger partial charge in [-0.3, -0.25) is 0 Å². The normalized spacial score (nSPS) is 15.1. The fourth-order valence-electron chi connectivity index (χ4n) is 1.37. The van der Waals surface area contributed by atoms with E-state index in [1.807, 2.05) is 18.2 Å². The van der Waals surface area contributed by atoms with Gasteiger partial charge in [-0.1, -0.05) is 11.8 Å². The molecule has 1 aliphatic rings. The van der Waals surface area contributed by atoms with Crippen molar-refractivity contribution in [2.75, 3.05) is 25.4 Å². The summed E-state index contributed by atoms with van der Waals surface area (Å²) >= 11 is 1.62. The molecule has 0 aliphatic heterocycles. The Bertz CT molecular complexity index is 353. The highest BCUT2D eigenvalue weighted by Gasteiger charge is 2.21. The van der Waals surface area contributed by atoms with Crippen molar-refractivity contribution in [3.05, 3.63) is 18.2 Å². The third-order valence-electron chi connectivity index (χ3n) is 2.57. The van der Waals surface area contributed by atoms with Gasteiger partial charge >= 0.3 is 0 Å². The van der Waals surface area contributed by atoms with E-state index in [-0.39, 0.29) is 0 Å². The highest BCUT2D eigenvalue weighted by molar-refractivity contribution is 7.99. The van der Waals surface area contributed by atoms with Crippen LogP contribution in [0.2, 0.25) is 0 Å². The Morgan fingerprint density at radius 2 is 2.25 bits per heavy atom. The number of benzene rings is 1. The molecule has 0 spiro atoms. The van der Waals surface area contributed by atoms with Crippen LogP contribution in [0.25, 0.3) is 0 Å². The van der Waals surface area contributed by atoms with Crippen molar-refractivity contribution in [2.24, 2.45) is 5.92 Å². The Balaban J connectivity index is 1.81. The van der Waals surface area contributed by atoms with Crippen LogP contribution in [0.3, 0.4) is 0 Å². The van der Waals surface area contributed by atoms with Crippen LogP contribution in [0.15, 0.2) is 23.1 Å². The van der Waals surface area contributed by atoms with Crippen LogP contribution in [0.4, 0.5) is 5.69 Å². The predicted octanol–water partition coefficient (Wildman–Crippen LogP) is 2.75. The molecule has 0 atom stereocenters. The van der Waals surface area contributed by atoms with Gasteiger partial charge < -0.3 is 15.2 Å². The number of methoxy groups -OCH3 is 1. The molecule has 1 aliphatic carbocycles. The molecule has 0 aromatic heterocycles. The second-order valence-electron chi connectivity index (χ2n) is 3.98. The minimum absolute atomic E-state index is 0.661. The van der Waals surface area contributed by atoms with Crippen LogP contribution in [0.1, 0.15) is 12.8 Å². The lowest BCUT2D eigenvalue weighted by Gasteiger charge is -2.08. The summed E-state index contributed by atoms with van der Waals surface area (Å²) in [4.78, 5) is 1.02. The van der Waals surface area contributed by atoms with Gasteiger partial charge in [0.1, 0.15) is 5.75 Å². The first-order valence-corrected chi connectivity index (χ1v) is 6.42. The van der Waals surface area contributed by atoms with Gasteiger partial charge in [0.15, 0.2) is 0 Å². The number of nitrogens with two attached hydrogens (primary N) is 1. The summed E-state index contributed by atoms with van der Waals surface area (Å²) in [5.41, 5.74) is 6.65. The minimum atomic E-state index is 0.661. The number of thioether (sulfide) groups is 1. The largest absolute Gasteiger partial charge is 0.497 e. The number of hydrogen-bond donors (Lipinski definition) is 1. The highest BCUT2D eigenvalue weighted by atomic mass is 32.2. The zero-order chi connectivity index (χ0) is 11.4. The van der Waals surface area contributed by atoms with Crippen LogP contribution >= 0.6 is 11.8 Å². The minimum Gasteiger partial charge on any atom is -0.497 e. The third kappa shape index (κ3) is 3.32. The number of rotatable bonds is 6. The van der Waals surface area contributed by atoms with E-state index in [2.05, 4.69) is 0 Å². The van der Waals surface area contributed by atoms with Gasteiger partial charge in [0.25, 0.3) is 0 Å². The molecule has 2 N–H and O–H groups in total. The summed E-state index contributed by atoms with van der Waals surface area (Å²) in [6, 6.07) is 5.67. The molecule has 2 rings (SSSR count). The molecular weight excluding hydrogens is 222 g/mol. The summed E-state index contributed by atoms with van der Waals surface area (Å²) in [6.07, 6.45) is 2.65. The Labute approximate surface area is 100 Å². The lowest BCUT2D eigenvalue weighted by molar-refractivity contribution is 0.171. The first-order chi connectivity index (χ1) is 7.79. The maximum Gasteiger partial charge on any atom is 0.120 e. The van der Waals surface area contributed by atoms with E-state index < -0.39 is 0 Å². The lowest BCUT2D eigenvalue weighted by Crippen LogP contribution is -1.96. The van der Waals surface area contributed by atoms with Crippen molar-refractivity contribution in [3.63, 3.8) is 0 Å². The van der Waals surface area contributed by atoms with E-state index in [9.17, 15) is 0 Å². The summed E-state index contributed by atoms with van der Waals surface area (Å²) < 4.78 is 10.7. The maximum atomic E-state index is 5.87. The molecule has 3 nitrogen and oxygen atoms in total. The van der Waals surface area contributed by atoms with Gasteiger partial charge in [0.05, 0.1) is 19.7 Å². The van der Waals surface area contributed by atoms with Gasteiger partial charge in [0, 0.05) is 10.6 Å². The van der Waals surface area contributed by atoms with Crippen LogP contribution in [-0.2, 0) is 4.74 Å². The van der Waals surface area contributed by atoms with Crippen molar-refractivity contribution < 1.29 is 9.47 Å². The molecule has 0 saturated heterocycles. The van der Waals surface area contributed by atoms with Crippen LogP contribution < -0.4 is 10.5 Å². The molecule has 0 unspecified atom stereocenters. The first kappa shape index (κ1) is 11.6. The van der Waals surface area contributed by atoms with Crippen LogP contribution in [-0.4, -0.2) is 19.7 Å². The molecule has 1 saturated carbocycles. The van der Waals surface area contributed by atoms with E-state index in [4.69, 9.17) is 15.2 Å². The van der Waals surface area contributed by atoms with Gasteiger partial charge in [-0.05, 0) is 37.0 Å². The molecule has 88 valence electrons. The zero-order valence-corrected chi connectivity index (χ0v) is 10.3. The fourth-order valence-corrected chi connectivity index (χ4v) is 2.11. The standard InChI is InChI=1S/C12H17NO2S/c1-14-10-4-5-11(13)12(6-10)16-8-15-7-9-2-3-9/h4-6,9H,2-3,7-8,13H2,1H3. The Hall–Kier alpha value is -0.870. The SMILES string of the molecule is COc1ccc(N)c(SCOCC2CC2)c1. The van der Waals surface area contributed by atoms with Crippen LogP contribution in [0.5, 0.6) is 5.75 Å². The highest BCUT2D eigenvalue weighted by Crippen LogP contribution is 2.31. The summed E-state index contributed by atoms with van der Waals surface area (Å²) in [7, 11) is 1.66. The first-order valence-electron chi connectivity index (χ1n) is 5.43. The average molecular weight is 239 g/mol. The molecule has 0 radical (unpaired) electrons. The molecule has 0 bridgehead atoms. The van der Waals surface area contributed by atoms with Gasteiger partial charge in [-0.15, -0.1) is 0 Å². The maximum absolute atomic E-state index is 5.87. The van der Waals surface area contributed by atoms with E-state index in [1.165, 1.54) is 12.8 Å². The van der Waals surface area contributed by atoms with Crippen molar-refractivity contribution in [2.45, 2.75) is 17.7 Å². The van der Waals surface area contributed by atoms with Crippen molar-refractivity contribution in [3.8, 4) is 5.75 Å². The molecular formula is C12H17NO2S. The molecule has 0 heterocycles. The van der Waals surface area contributed by atoms with Crippen LogP contribution in [0, 0.1) is 5.92 Å². The Kier molecular flexibility index (Phi) is 3.96. The Morgan fingerprint density at radius 3 is 2.94 bits per heavy atom. The van der Waals surface area contributed by atoms with Crippen molar-refractivity contribution >= 4 is 17.4 Å². The molecule has 1 aromatic rings. The smallest absolute Gasteiger partial charge is 0.120 e. The topological polar surface area (TPSA) is 44.5 Å². The molecule has 0 amide bonds. The number of hydrogen-bond acceptors (Lipinski definition) is 4. The van der Waals surface area contributed by atoms with Gasteiger partial charge in [0.2, 0.25) is 0 Å². The average Bonchev–Trinajstić information content (AvgIpc) is 3.10. The van der Waals surface area contributed by atoms with Gasteiger partial charge in [-0.2, -0.15) is 0 Å². The summed E-state index contributed by atoms with van der Waals surface area (Å²) in [6.45, 7) is 0.886. The van der Waals surface area contributed by atoms with Crippen molar-refractivity contribution in [1.82, 2.24) is 0 Å². The van der Waals surface area contributed by atoms with E-state index in [0.717, 1.165) is 28.9 Å². The second-order valence-corrected chi connectivity index (χ2v) is 4.94. The molecule has 1 aromatic carbocycles. The predicted molar refractivity (Wildman–Crippen MR) is 66.8 cm³/mol. The molecule has 4 heteroatoms. The summed E-state index contributed by atoms with van der Waals surface area (Å²) in [5, 5.41) is 0. The molecule has 1 fully saturated rings. The zero-order valence-electron chi connectivity index (χ0n) is 9.44. The van der Waals surface area contributed by atoms with Gasteiger partial charge in [-0.25, -0.2) is 0 Å². The quantitative estimate of drug-likeness (QED) is 0.359. The van der Waals surface area contributed by atoms with E-state index in [1.54, 1.807) is 18.9 Å². The number of ether oxygens (including phenoxy) is 2. The summed E-state index contributed by atoms with van der Waals surface area (Å²) in [5.74, 6) is 2.30. The fraction of sp³-hybridized carbons (Fsp3) is 0.500. The monoisotopic (exact) mass is 239 g/mol. The number of nitrogen functional groups attached to an aromatic ring is 1. The van der Waals surface area contributed by atoms with Crippen molar-refractivity contribution in [1.29, 1.82) is 0 Å². The Morgan fingerprint density at radius 1 is 1.44 bits per heavy atom. The number of anilines is 1. The third-order valence-corrected chi connectivity index (χ3v) is 3.52. The second kappa shape index (κ2) is 5.46.